The van der Waals surface area contributed by atoms with Crippen LogP contribution in [0.15, 0.2) is 23.2 Å². The van der Waals surface area contributed by atoms with Gasteiger partial charge in [0.1, 0.15) is 5.75 Å². The Morgan fingerprint density at radius 3 is 2.67 bits per heavy atom. The monoisotopic (exact) mass is 491 g/mol. The highest BCUT2D eigenvalue weighted by Gasteiger charge is 2.13. The van der Waals surface area contributed by atoms with Gasteiger partial charge in [-0.2, -0.15) is 0 Å². The third-order valence-corrected chi connectivity index (χ3v) is 4.54. The zero-order valence-corrected chi connectivity index (χ0v) is 19.1. The van der Waals surface area contributed by atoms with Crippen molar-refractivity contribution in [2.24, 2.45) is 4.99 Å². The molecular formula is C20H34IN3O3. The summed E-state index contributed by atoms with van der Waals surface area (Å²) in [6.45, 7) is 6.15. The molecule has 1 aliphatic rings. The Kier molecular flexibility index (Phi) is 12.4. The molecule has 0 aliphatic carbocycles. The number of nitrogens with zero attached hydrogens (tertiary/aromatic N) is 1. The van der Waals surface area contributed by atoms with E-state index in [2.05, 4.69) is 40.7 Å². The van der Waals surface area contributed by atoms with Crippen LogP contribution in [0.4, 0.5) is 0 Å². The van der Waals surface area contributed by atoms with Gasteiger partial charge in [0.25, 0.3) is 0 Å². The number of methoxy groups -OCH3 is 1. The summed E-state index contributed by atoms with van der Waals surface area (Å²) in [5, 5.41) is 6.69. The van der Waals surface area contributed by atoms with E-state index < -0.39 is 0 Å². The summed E-state index contributed by atoms with van der Waals surface area (Å²) in [4.78, 5) is 4.27. The minimum atomic E-state index is 0. The van der Waals surface area contributed by atoms with Gasteiger partial charge in [0, 0.05) is 40.0 Å². The molecule has 0 saturated carbocycles. The first kappa shape index (κ1) is 24.0. The lowest BCUT2D eigenvalue weighted by Crippen LogP contribution is -2.39. The predicted molar refractivity (Wildman–Crippen MR) is 121 cm³/mol. The second kappa shape index (κ2) is 14.0. The maximum Gasteiger partial charge on any atom is 0.190 e. The molecule has 0 radical (unpaired) electrons. The smallest absolute Gasteiger partial charge is 0.190 e. The molecule has 0 unspecified atom stereocenters. The molecule has 27 heavy (non-hydrogen) atoms. The van der Waals surface area contributed by atoms with Crippen molar-refractivity contribution in [3.05, 3.63) is 29.3 Å². The van der Waals surface area contributed by atoms with E-state index in [0.29, 0.717) is 6.10 Å². The summed E-state index contributed by atoms with van der Waals surface area (Å²) in [5.74, 6) is 1.77. The van der Waals surface area contributed by atoms with Crippen LogP contribution < -0.4 is 15.4 Å². The lowest BCUT2D eigenvalue weighted by atomic mass is 10.1. The Morgan fingerprint density at radius 1 is 1.22 bits per heavy atom. The number of nitrogens with one attached hydrogen (secondary N) is 2. The van der Waals surface area contributed by atoms with Crippen LogP contribution in [-0.2, 0) is 15.9 Å². The standard InChI is InChI=1S/C20H33N3O3.HI/c1-16-5-6-17(15-19(16)24-3)7-11-23-20(21-2)22-10-4-12-26-18-8-13-25-14-9-18;/h5-6,15,18H,4,7-14H2,1-3H3,(H2,21,22,23);1H. The Morgan fingerprint density at radius 2 is 1.96 bits per heavy atom. The second-order valence-electron chi connectivity index (χ2n) is 6.52. The Hall–Kier alpha value is -1.06. The largest absolute Gasteiger partial charge is 0.496 e. The van der Waals surface area contributed by atoms with Crippen LogP contribution in [0.5, 0.6) is 5.75 Å². The van der Waals surface area contributed by atoms with Gasteiger partial charge in [-0.15, -0.1) is 24.0 Å². The number of aryl methyl sites for hydroxylation is 1. The summed E-state index contributed by atoms with van der Waals surface area (Å²) in [7, 11) is 3.50. The van der Waals surface area contributed by atoms with Gasteiger partial charge in [-0.1, -0.05) is 12.1 Å². The number of rotatable bonds is 9. The molecule has 0 bridgehead atoms. The molecule has 1 aliphatic heterocycles. The second-order valence-corrected chi connectivity index (χ2v) is 6.52. The van der Waals surface area contributed by atoms with Gasteiger partial charge in [-0.25, -0.2) is 0 Å². The number of hydrogen-bond acceptors (Lipinski definition) is 4. The van der Waals surface area contributed by atoms with Crippen molar-refractivity contribution in [1.82, 2.24) is 10.6 Å². The highest BCUT2D eigenvalue weighted by molar-refractivity contribution is 14.0. The highest BCUT2D eigenvalue weighted by atomic mass is 127. The van der Waals surface area contributed by atoms with Crippen molar-refractivity contribution in [3.63, 3.8) is 0 Å². The molecule has 2 N–H and O–H groups in total. The number of ether oxygens (including phenoxy) is 3. The van der Waals surface area contributed by atoms with Crippen LogP contribution in [0.1, 0.15) is 30.4 Å². The minimum Gasteiger partial charge on any atom is -0.496 e. The Labute approximate surface area is 180 Å². The van der Waals surface area contributed by atoms with Gasteiger partial charge in [-0.3, -0.25) is 4.99 Å². The molecule has 2 rings (SSSR count). The van der Waals surface area contributed by atoms with E-state index in [1.807, 2.05) is 0 Å². The number of halogens is 1. The SMILES string of the molecule is CN=C(NCCCOC1CCOCC1)NCCc1ccc(C)c(OC)c1.I. The van der Waals surface area contributed by atoms with Gasteiger partial charge in [-0.05, 0) is 49.8 Å². The van der Waals surface area contributed by atoms with E-state index in [9.17, 15) is 0 Å². The molecule has 1 aromatic rings. The third kappa shape index (κ3) is 9.12. The molecule has 0 amide bonds. The van der Waals surface area contributed by atoms with Crippen molar-refractivity contribution >= 4 is 29.9 Å². The normalized spacial score (nSPS) is 15.1. The van der Waals surface area contributed by atoms with Gasteiger partial charge in [0.05, 0.1) is 13.2 Å². The lowest BCUT2D eigenvalue weighted by Gasteiger charge is -2.22. The molecule has 154 valence electrons. The molecule has 1 fully saturated rings. The first-order valence-corrected chi connectivity index (χ1v) is 9.50. The highest BCUT2D eigenvalue weighted by Crippen LogP contribution is 2.19. The number of hydrogen-bond donors (Lipinski definition) is 2. The molecule has 1 saturated heterocycles. The minimum absolute atomic E-state index is 0. The van der Waals surface area contributed by atoms with Crippen LogP contribution >= 0.6 is 24.0 Å². The van der Waals surface area contributed by atoms with E-state index in [-0.39, 0.29) is 24.0 Å². The first-order valence-electron chi connectivity index (χ1n) is 9.50. The van der Waals surface area contributed by atoms with Gasteiger partial charge in [0.2, 0.25) is 0 Å². The van der Waals surface area contributed by atoms with Gasteiger partial charge in [0.15, 0.2) is 5.96 Å². The number of guanidine groups is 1. The molecule has 0 atom stereocenters. The molecule has 6 nitrogen and oxygen atoms in total. The van der Waals surface area contributed by atoms with Crippen molar-refractivity contribution in [2.75, 3.05) is 47.1 Å². The van der Waals surface area contributed by atoms with Crippen LogP contribution in [0.3, 0.4) is 0 Å². The van der Waals surface area contributed by atoms with Crippen molar-refractivity contribution in [3.8, 4) is 5.75 Å². The summed E-state index contributed by atoms with van der Waals surface area (Å²) in [5.41, 5.74) is 2.41. The first-order chi connectivity index (χ1) is 12.7. The summed E-state index contributed by atoms with van der Waals surface area (Å²) < 4.78 is 16.6. The fourth-order valence-corrected chi connectivity index (χ4v) is 2.94. The fourth-order valence-electron chi connectivity index (χ4n) is 2.94. The van der Waals surface area contributed by atoms with Gasteiger partial charge < -0.3 is 24.8 Å². The molecular weight excluding hydrogens is 457 g/mol. The van der Waals surface area contributed by atoms with Crippen LogP contribution in [-0.4, -0.2) is 59.1 Å². The van der Waals surface area contributed by atoms with E-state index in [0.717, 1.165) is 75.9 Å². The quantitative estimate of drug-likeness (QED) is 0.241. The lowest BCUT2D eigenvalue weighted by molar-refractivity contribution is -0.0320. The summed E-state index contributed by atoms with van der Waals surface area (Å²) >= 11 is 0. The molecule has 0 aromatic heterocycles. The Balaban J connectivity index is 0.00000364. The number of aliphatic imine (C=N–C) groups is 1. The average molecular weight is 491 g/mol. The summed E-state index contributed by atoms with van der Waals surface area (Å²) in [6.07, 6.45) is 4.28. The van der Waals surface area contributed by atoms with Gasteiger partial charge >= 0.3 is 0 Å². The summed E-state index contributed by atoms with van der Waals surface area (Å²) in [6, 6.07) is 6.34. The fraction of sp³-hybridized carbons (Fsp3) is 0.650. The average Bonchev–Trinajstić information content (AvgIpc) is 2.68. The van der Waals surface area contributed by atoms with E-state index >= 15 is 0 Å². The molecule has 1 heterocycles. The molecule has 1 aromatic carbocycles. The van der Waals surface area contributed by atoms with E-state index in [1.54, 1.807) is 14.2 Å². The molecule has 7 heteroatoms. The maximum atomic E-state index is 5.88. The zero-order valence-electron chi connectivity index (χ0n) is 16.8. The maximum absolute atomic E-state index is 5.88. The van der Waals surface area contributed by atoms with Crippen molar-refractivity contribution in [2.45, 2.75) is 38.7 Å². The Bertz CT molecular complexity index is 563. The predicted octanol–water partition coefficient (Wildman–Crippen LogP) is 2.91. The van der Waals surface area contributed by atoms with Crippen LogP contribution in [0, 0.1) is 6.92 Å². The van der Waals surface area contributed by atoms with E-state index in [4.69, 9.17) is 14.2 Å². The third-order valence-electron chi connectivity index (χ3n) is 4.54. The van der Waals surface area contributed by atoms with Crippen LogP contribution in [0.2, 0.25) is 0 Å². The van der Waals surface area contributed by atoms with Crippen molar-refractivity contribution < 1.29 is 14.2 Å². The molecule has 0 spiro atoms. The van der Waals surface area contributed by atoms with Crippen LogP contribution in [0.25, 0.3) is 0 Å². The zero-order chi connectivity index (χ0) is 18.6. The van der Waals surface area contributed by atoms with Crippen molar-refractivity contribution in [1.29, 1.82) is 0 Å². The number of benzene rings is 1. The topological polar surface area (TPSA) is 64.1 Å². The van der Waals surface area contributed by atoms with E-state index in [1.165, 1.54) is 5.56 Å².